The van der Waals surface area contributed by atoms with E-state index in [1.807, 2.05) is 6.92 Å². The molecule has 0 radical (unpaired) electrons. The molecule has 1 N–H and O–H groups in total. The molecule has 0 rings (SSSR count). The van der Waals surface area contributed by atoms with Crippen LogP contribution in [-0.2, 0) is 9.53 Å². The van der Waals surface area contributed by atoms with Crippen molar-refractivity contribution in [3.8, 4) is 0 Å². The highest BCUT2D eigenvalue weighted by Crippen LogP contribution is 2.08. The van der Waals surface area contributed by atoms with E-state index < -0.39 is 12.1 Å². The molecule has 0 aliphatic heterocycles. The summed E-state index contributed by atoms with van der Waals surface area (Å²) >= 11 is 0. The van der Waals surface area contributed by atoms with E-state index in [0.29, 0.717) is 18.6 Å². The molecule has 3 nitrogen and oxygen atoms in total. The van der Waals surface area contributed by atoms with E-state index in [-0.39, 0.29) is 0 Å². The summed E-state index contributed by atoms with van der Waals surface area (Å²) in [6.45, 7) is 5.70. The molecule has 12 heavy (non-hydrogen) atoms. The van der Waals surface area contributed by atoms with Crippen molar-refractivity contribution in [3.63, 3.8) is 0 Å². The van der Waals surface area contributed by atoms with Crippen LogP contribution in [0, 0.1) is 0 Å². The van der Waals surface area contributed by atoms with Gasteiger partial charge in [0.15, 0.2) is 6.10 Å². The number of carbonyl (C=O) groups is 1. The standard InChI is InChI=1S/C9H16O3/c1-4-7(5-2)8(10)9(11)12-6-3/h4,8,10H,5-6H2,1-3H3/b7-4-. The van der Waals surface area contributed by atoms with E-state index in [2.05, 4.69) is 4.74 Å². The molecule has 0 saturated carbocycles. The first kappa shape index (κ1) is 11.2. The number of carbonyl (C=O) groups excluding carboxylic acids is 1. The minimum atomic E-state index is -1.08. The van der Waals surface area contributed by atoms with Crippen LogP contribution in [0.4, 0.5) is 0 Å². The third-order valence-electron chi connectivity index (χ3n) is 1.64. The third-order valence-corrected chi connectivity index (χ3v) is 1.64. The van der Waals surface area contributed by atoms with Crippen LogP contribution in [0.2, 0.25) is 0 Å². The van der Waals surface area contributed by atoms with Crippen molar-refractivity contribution in [2.75, 3.05) is 6.61 Å². The zero-order valence-electron chi connectivity index (χ0n) is 7.83. The van der Waals surface area contributed by atoms with E-state index in [1.54, 1.807) is 19.9 Å². The van der Waals surface area contributed by atoms with Gasteiger partial charge < -0.3 is 9.84 Å². The van der Waals surface area contributed by atoms with Crippen molar-refractivity contribution in [2.45, 2.75) is 33.3 Å². The first-order valence-corrected chi connectivity index (χ1v) is 4.17. The maximum absolute atomic E-state index is 11.0. The molecular weight excluding hydrogens is 156 g/mol. The molecule has 0 heterocycles. The monoisotopic (exact) mass is 172 g/mol. The fraction of sp³-hybridized carbons (Fsp3) is 0.667. The summed E-state index contributed by atoms with van der Waals surface area (Å²) in [5.74, 6) is -0.563. The zero-order valence-corrected chi connectivity index (χ0v) is 7.83. The van der Waals surface area contributed by atoms with Gasteiger partial charge in [-0.2, -0.15) is 0 Å². The normalized spacial score (nSPS) is 14.2. The lowest BCUT2D eigenvalue weighted by atomic mass is 10.1. The Morgan fingerprint density at radius 3 is 2.50 bits per heavy atom. The van der Waals surface area contributed by atoms with Crippen LogP contribution in [-0.4, -0.2) is 23.8 Å². The third kappa shape index (κ3) is 3.05. The van der Waals surface area contributed by atoms with Gasteiger partial charge in [-0.1, -0.05) is 13.0 Å². The van der Waals surface area contributed by atoms with Gasteiger partial charge in [-0.3, -0.25) is 0 Å². The lowest BCUT2D eigenvalue weighted by Gasteiger charge is -2.11. The van der Waals surface area contributed by atoms with E-state index in [9.17, 15) is 9.90 Å². The van der Waals surface area contributed by atoms with Crippen molar-refractivity contribution in [1.82, 2.24) is 0 Å². The second-order valence-corrected chi connectivity index (χ2v) is 2.37. The molecule has 70 valence electrons. The molecule has 0 aromatic heterocycles. The molecule has 3 heteroatoms. The summed E-state index contributed by atoms with van der Waals surface area (Å²) in [4.78, 5) is 11.0. The van der Waals surface area contributed by atoms with Gasteiger partial charge in [0.2, 0.25) is 0 Å². The average Bonchev–Trinajstić information content (AvgIpc) is 2.07. The maximum atomic E-state index is 11.0. The Hall–Kier alpha value is -0.830. The SMILES string of the molecule is C/C=C(/CC)C(O)C(=O)OCC. The molecule has 0 saturated heterocycles. The zero-order chi connectivity index (χ0) is 9.56. The molecule has 0 aliphatic carbocycles. The minimum absolute atomic E-state index is 0.302. The Balaban J connectivity index is 4.17. The molecule has 0 amide bonds. The highest BCUT2D eigenvalue weighted by Gasteiger charge is 2.18. The highest BCUT2D eigenvalue weighted by atomic mass is 16.5. The largest absolute Gasteiger partial charge is 0.464 e. The lowest BCUT2D eigenvalue weighted by molar-refractivity contribution is -0.150. The van der Waals surface area contributed by atoms with Crippen molar-refractivity contribution in [3.05, 3.63) is 11.6 Å². The number of aliphatic hydroxyl groups is 1. The van der Waals surface area contributed by atoms with Gasteiger partial charge >= 0.3 is 5.97 Å². The minimum Gasteiger partial charge on any atom is -0.464 e. The van der Waals surface area contributed by atoms with Crippen LogP contribution in [0.5, 0.6) is 0 Å². The van der Waals surface area contributed by atoms with Gasteiger partial charge in [0.25, 0.3) is 0 Å². The van der Waals surface area contributed by atoms with Crippen molar-refractivity contribution in [1.29, 1.82) is 0 Å². The van der Waals surface area contributed by atoms with Gasteiger partial charge in [-0.15, -0.1) is 0 Å². The smallest absolute Gasteiger partial charge is 0.339 e. The highest BCUT2D eigenvalue weighted by molar-refractivity contribution is 5.77. The van der Waals surface area contributed by atoms with Crippen LogP contribution in [0.25, 0.3) is 0 Å². The van der Waals surface area contributed by atoms with Crippen LogP contribution >= 0.6 is 0 Å². The molecule has 0 bridgehead atoms. The first-order chi connectivity index (χ1) is 5.67. The van der Waals surface area contributed by atoms with Crippen LogP contribution < -0.4 is 0 Å². The van der Waals surface area contributed by atoms with Gasteiger partial charge in [0, 0.05) is 0 Å². The molecule has 1 atom stereocenters. The Kier molecular flexibility index (Phi) is 5.37. The molecule has 0 spiro atoms. The Morgan fingerprint density at radius 2 is 2.17 bits per heavy atom. The van der Waals surface area contributed by atoms with Crippen molar-refractivity contribution < 1.29 is 14.6 Å². The van der Waals surface area contributed by atoms with Crippen LogP contribution in [0.15, 0.2) is 11.6 Å². The summed E-state index contributed by atoms with van der Waals surface area (Å²) in [6.07, 6.45) is 1.32. The van der Waals surface area contributed by atoms with Crippen molar-refractivity contribution in [2.24, 2.45) is 0 Å². The first-order valence-electron chi connectivity index (χ1n) is 4.17. The van der Waals surface area contributed by atoms with E-state index in [0.717, 1.165) is 0 Å². The average molecular weight is 172 g/mol. The number of rotatable bonds is 4. The topological polar surface area (TPSA) is 46.5 Å². The lowest BCUT2D eigenvalue weighted by Crippen LogP contribution is -2.24. The number of aliphatic hydroxyl groups excluding tert-OH is 1. The molecule has 0 aromatic carbocycles. The molecular formula is C9H16O3. The molecule has 0 aliphatic rings. The van der Waals surface area contributed by atoms with Gasteiger partial charge in [0.05, 0.1) is 6.61 Å². The number of hydrogen-bond acceptors (Lipinski definition) is 3. The summed E-state index contributed by atoms with van der Waals surface area (Å²) < 4.78 is 4.66. The van der Waals surface area contributed by atoms with Gasteiger partial charge in [-0.05, 0) is 25.8 Å². The summed E-state index contributed by atoms with van der Waals surface area (Å²) in [7, 11) is 0. The molecule has 0 aromatic rings. The number of hydrogen-bond donors (Lipinski definition) is 1. The quantitative estimate of drug-likeness (QED) is 0.513. The van der Waals surface area contributed by atoms with Crippen LogP contribution in [0.1, 0.15) is 27.2 Å². The Bertz CT molecular complexity index is 173. The number of allylic oxidation sites excluding steroid dienone is 1. The Labute approximate surface area is 73.0 Å². The van der Waals surface area contributed by atoms with E-state index >= 15 is 0 Å². The summed E-state index contributed by atoms with van der Waals surface area (Å²) in [5.41, 5.74) is 0.702. The number of esters is 1. The van der Waals surface area contributed by atoms with E-state index in [4.69, 9.17) is 0 Å². The fourth-order valence-electron chi connectivity index (χ4n) is 0.928. The summed E-state index contributed by atoms with van der Waals surface area (Å²) in [5, 5.41) is 9.37. The fourth-order valence-corrected chi connectivity index (χ4v) is 0.928. The second-order valence-electron chi connectivity index (χ2n) is 2.37. The summed E-state index contributed by atoms with van der Waals surface area (Å²) in [6, 6.07) is 0. The van der Waals surface area contributed by atoms with Gasteiger partial charge in [-0.25, -0.2) is 4.79 Å². The molecule has 1 unspecified atom stereocenters. The maximum Gasteiger partial charge on any atom is 0.339 e. The second kappa shape index (κ2) is 5.77. The van der Waals surface area contributed by atoms with Gasteiger partial charge in [0.1, 0.15) is 0 Å². The van der Waals surface area contributed by atoms with Crippen LogP contribution in [0.3, 0.4) is 0 Å². The Morgan fingerprint density at radius 1 is 1.58 bits per heavy atom. The molecule has 0 fully saturated rings. The van der Waals surface area contributed by atoms with Crippen molar-refractivity contribution >= 4 is 5.97 Å². The van der Waals surface area contributed by atoms with E-state index in [1.165, 1.54) is 0 Å². The number of ether oxygens (including phenoxy) is 1. The predicted octanol–water partition coefficient (Wildman–Crippen LogP) is 1.27. The predicted molar refractivity (Wildman–Crippen MR) is 46.7 cm³/mol.